The fraction of sp³-hybridized carbons (Fsp3) is 0.273. The number of aromatic nitrogens is 3. The molecule has 0 atom stereocenters. The van der Waals surface area contributed by atoms with Crippen LogP contribution in [0.4, 0.5) is 13.2 Å². The van der Waals surface area contributed by atoms with E-state index in [4.69, 9.17) is 11.6 Å². The van der Waals surface area contributed by atoms with Crippen LogP contribution in [0.1, 0.15) is 16.8 Å². The van der Waals surface area contributed by atoms with E-state index in [0.29, 0.717) is 17.8 Å². The fourth-order valence-electron chi connectivity index (χ4n) is 1.46. The molecule has 3 nitrogen and oxygen atoms in total. The van der Waals surface area contributed by atoms with Crippen LogP contribution in [-0.2, 0) is 18.6 Å². The molecule has 0 amide bonds. The van der Waals surface area contributed by atoms with Crippen molar-refractivity contribution in [2.45, 2.75) is 18.6 Å². The highest BCUT2D eigenvalue weighted by Crippen LogP contribution is 2.29. The summed E-state index contributed by atoms with van der Waals surface area (Å²) in [6, 6.07) is 4.94. The van der Waals surface area contributed by atoms with E-state index in [9.17, 15) is 13.2 Å². The standard InChI is InChI=1S/C11H9ClF3N3/c12-5-10-7-18(17-16-10)6-8-1-3-9(4-2-8)11(13,14)15/h1-4,7H,5-6H2. The third-order valence-electron chi connectivity index (χ3n) is 2.35. The molecule has 2 rings (SSSR count). The number of hydrogen-bond donors (Lipinski definition) is 0. The minimum absolute atomic E-state index is 0.257. The molecule has 0 aliphatic heterocycles. The Morgan fingerprint density at radius 3 is 2.33 bits per heavy atom. The monoisotopic (exact) mass is 275 g/mol. The van der Waals surface area contributed by atoms with E-state index in [0.717, 1.165) is 12.1 Å². The number of halogens is 4. The molecule has 0 radical (unpaired) electrons. The summed E-state index contributed by atoms with van der Waals surface area (Å²) in [6.07, 6.45) is -2.65. The summed E-state index contributed by atoms with van der Waals surface area (Å²) in [5.41, 5.74) is 0.684. The smallest absolute Gasteiger partial charge is 0.248 e. The molecule has 0 spiro atoms. The Morgan fingerprint density at radius 2 is 1.83 bits per heavy atom. The first kappa shape index (κ1) is 12.9. The number of nitrogens with zero attached hydrogens (tertiary/aromatic N) is 3. The molecule has 7 heteroatoms. The second-order valence-corrected chi connectivity index (χ2v) is 4.00. The zero-order valence-corrected chi connectivity index (χ0v) is 9.91. The van der Waals surface area contributed by atoms with Gasteiger partial charge in [0.1, 0.15) is 0 Å². The highest BCUT2D eigenvalue weighted by molar-refractivity contribution is 6.16. The predicted octanol–water partition coefficient (Wildman–Crippen LogP) is 3.08. The van der Waals surface area contributed by atoms with Gasteiger partial charge in [-0.1, -0.05) is 17.3 Å². The highest BCUT2D eigenvalue weighted by atomic mass is 35.5. The van der Waals surface area contributed by atoms with Gasteiger partial charge in [-0.3, -0.25) is 0 Å². The third-order valence-corrected chi connectivity index (χ3v) is 2.62. The van der Waals surface area contributed by atoms with Crippen molar-refractivity contribution in [3.63, 3.8) is 0 Å². The average Bonchev–Trinajstić information content (AvgIpc) is 2.76. The summed E-state index contributed by atoms with van der Waals surface area (Å²) in [5, 5.41) is 7.60. The third kappa shape index (κ3) is 3.01. The molecule has 96 valence electrons. The maximum Gasteiger partial charge on any atom is 0.416 e. The first-order valence-corrected chi connectivity index (χ1v) is 5.63. The van der Waals surface area contributed by atoms with Crippen LogP contribution in [0, 0.1) is 0 Å². The molecule has 0 unspecified atom stereocenters. The number of benzene rings is 1. The van der Waals surface area contributed by atoms with Crippen LogP contribution in [0.15, 0.2) is 30.5 Å². The van der Waals surface area contributed by atoms with E-state index in [2.05, 4.69) is 10.3 Å². The van der Waals surface area contributed by atoms with E-state index in [1.165, 1.54) is 16.8 Å². The number of alkyl halides is 4. The first-order chi connectivity index (χ1) is 8.49. The number of hydrogen-bond acceptors (Lipinski definition) is 2. The van der Waals surface area contributed by atoms with E-state index in [1.807, 2.05) is 0 Å². The summed E-state index contributed by atoms with van der Waals surface area (Å²) < 4.78 is 38.6. The van der Waals surface area contributed by atoms with Crippen molar-refractivity contribution in [3.8, 4) is 0 Å². The maximum atomic E-state index is 12.4. The molecule has 0 saturated carbocycles. The lowest BCUT2D eigenvalue weighted by atomic mass is 10.1. The second kappa shape index (κ2) is 4.97. The van der Waals surface area contributed by atoms with E-state index in [1.54, 1.807) is 6.20 Å². The molecule has 0 fully saturated rings. The van der Waals surface area contributed by atoms with Crippen LogP contribution in [0.5, 0.6) is 0 Å². The van der Waals surface area contributed by atoms with Gasteiger partial charge in [-0.15, -0.1) is 16.7 Å². The van der Waals surface area contributed by atoms with Gasteiger partial charge in [0.05, 0.1) is 29.9 Å². The van der Waals surface area contributed by atoms with Crippen LogP contribution >= 0.6 is 11.6 Å². The Hall–Kier alpha value is -1.56. The van der Waals surface area contributed by atoms with Crippen LogP contribution in [-0.4, -0.2) is 15.0 Å². The summed E-state index contributed by atoms with van der Waals surface area (Å²) in [5.74, 6) is 0.257. The molecule has 0 aliphatic carbocycles. The summed E-state index contributed by atoms with van der Waals surface area (Å²) >= 11 is 5.57. The zero-order chi connectivity index (χ0) is 13.2. The van der Waals surface area contributed by atoms with Crippen molar-refractivity contribution in [3.05, 3.63) is 47.3 Å². The second-order valence-electron chi connectivity index (χ2n) is 3.74. The molecule has 1 aromatic heterocycles. The Kier molecular flexibility index (Phi) is 3.56. The van der Waals surface area contributed by atoms with Crippen molar-refractivity contribution in [2.75, 3.05) is 0 Å². The van der Waals surface area contributed by atoms with Gasteiger partial charge in [-0.05, 0) is 17.7 Å². The largest absolute Gasteiger partial charge is 0.416 e. The van der Waals surface area contributed by atoms with Crippen molar-refractivity contribution in [1.29, 1.82) is 0 Å². The highest BCUT2D eigenvalue weighted by Gasteiger charge is 2.29. The van der Waals surface area contributed by atoms with Gasteiger partial charge in [-0.2, -0.15) is 13.2 Å². The lowest BCUT2D eigenvalue weighted by Gasteiger charge is -2.07. The zero-order valence-electron chi connectivity index (χ0n) is 9.15. The van der Waals surface area contributed by atoms with E-state index >= 15 is 0 Å². The maximum absolute atomic E-state index is 12.4. The molecular weight excluding hydrogens is 267 g/mol. The van der Waals surface area contributed by atoms with Crippen LogP contribution < -0.4 is 0 Å². The van der Waals surface area contributed by atoms with Crippen molar-refractivity contribution in [1.82, 2.24) is 15.0 Å². The van der Waals surface area contributed by atoms with Crippen molar-refractivity contribution in [2.24, 2.45) is 0 Å². The van der Waals surface area contributed by atoms with Crippen LogP contribution in [0.2, 0.25) is 0 Å². The molecule has 0 N–H and O–H groups in total. The van der Waals surface area contributed by atoms with Crippen LogP contribution in [0.3, 0.4) is 0 Å². The molecule has 0 bridgehead atoms. The molecule has 0 aliphatic rings. The Bertz CT molecular complexity index is 519. The minimum atomic E-state index is -4.31. The molecule has 1 heterocycles. The van der Waals surface area contributed by atoms with Gasteiger partial charge in [0.2, 0.25) is 0 Å². The normalized spacial score (nSPS) is 11.8. The Morgan fingerprint density at radius 1 is 1.17 bits per heavy atom. The lowest BCUT2D eigenvalue weighted by Crippen LogP contribution is -2.05. The van der Waals surface area contributed by atoms with Crippen molar-refractivity contribution >= 4 is 11.6 Å². The SMILES string of the molecule is FC(F)(F)c1ccc(Cn2cc(CCl)nn2)cc1. The Balaban J connectivity index is 2.11. The topological polar surface area (TPSA) is 30.7 Å². The molecular formula is C11H9ClF3N3. The molecule has 18 heavy (non-hydrogen) atoms. The molecule has 0 saturated heterocycles. The quantitative estimate of drug-likeness (QED) is 0.806. The van der Waals surface area contributed by atoms with Crippen LogP contribution in [0.25, 0.3) is 0 Å². The number of rotatable bonds is 3. The summed E-state index contributed by atoms with van der Waals surface area (Å²) in [6.45, 7) is 0.363. The van der Waals surface area contributed by atoms with Gasteiger partial charge >= 0.3 is 6.18 Å². The van der Waals surface area contributed by atoms with Gasteiger partial charge in [0.15, 0.2) is 0 Å². The Labute approximate surface area is 106 Å². The van der Waals surface area contributed by atoms with Gasteiger partial charge in [0, 0.05) is 0 Å². The van der Waals surface area contributed by atoms with E-state index in [-0.39, 0.29) is 5.88 Å². The summed E-state index contributed by atoms with van der Waals surface area (Å²) in [4.78, 5) is 0. The van der Waals surface area contributed by atoms with E-state index < -0.39 is 11.7 Å². The van der Waals surface area contributed by atoms with Crippen molar-refractivity contribution < 1.29 is 13.2 Å². The molecule has 2 aromatic rings. The lowest BCUT2D eigenvalue weighted by molar-refractivity contribution is -0.137. The molecule has 1 aromatic carbocycles. The van der Waals surface area contributed by atoms with Gasteiger partial charge in [-0.25, -0.2) is 4.68 Å². The van der Waals surface area contributed by atoms with Gasteiger partial charge in [0.25, 0.3) is 0 Å². The summed E-state index contributed by atoms with van der Waals surface area (Å²) in [7, 11) is 0. The minimum Gasteiger partial charge on any atom is -0.248 e. The average molecular weight is 276 g/mol. The van der Waals surface area contributed by atoms with Gasteiger partial charge < -0.3 is 0 Å². The fourth-order valence-corrected chi connectivity index (χ4v) is 1.59. The first-order valence-electron chi connectivity index (χ1n) is 5.10. The predicted molar refractivity (Wildman–Crippen MR) is 60.1 cm³/mol.